The summed E-state index contributed by atoms with van der Waals surface area (Å²) >= 11 is 0. The number of hydrogen-bond donors (Lipinski definition) is 6. The van der Waals surface area contributed by atoms with Gasteiger partial charge in [0.15, 0.2) is 0 Å². The molecule has 0 heterocycles. The van der Waals surface area contributed by atoms with E-state index in [0.717, 1.165) is 0 Å². The number of nitrogens with zero attached hydrogens (tertiary/aromatic N) is 4. The molecule has 2 aromatic rings. The maximum absolute atomic E-state index is 8.91. The molecule has 0 aromatic heterocycles. The second kappa shape index (κ2) is 17.5. The maximum atomic E-state index is 8.91. The predicted molar refractivity (Wildman–Crippen MR) is 128 cm³/mol. The molecule has 35 heavy (non-hydrogen) atoms. The SMILES string of the molecule is COc1ccccc1N=C([CH-]/C(C)=N/O)NO.COc1ccccc1N=C([CH-]/C(C)=N/O)NO.[Ni+2]. The number of hydrogen-bond acceptors (Lipinski definition) is 10. The maximum Gasteiger partial charge on any atom is 2.00 e. The fourth-order valence-corrected chi connectivity index (χ4v) is 2.34. The first-order valence-electron chi connectivity index (χ1n) is 9.72. The zero-order chi connectivity index (χ0) is 25.3. The van der Waals surface area contributed by atoms with Crippen molar-refractivity contribution in [2.24, 2.45) is 20.3 Å². The minimum absolute atomic E-state index is 0. The molecule has 0 aliphatic heterocycles. The Morgan fingerprint density at radius 2 is 1.06 bits per heavy atom. The molecule has 0 aliphatic carbocycles. The Balaban J connectivity index is 0.000000642. The van der Waals surface area contributed by atoms with Crippen molar-refractivity contribution in [3.05, 3.63) is 61.4 Å². The summed E-state index contributed by atoms with van der Waals surface area (Å²) in [6.45, 7) is 3.13. The van der Waals surface area contributed by atoms with Crippen molar-refractivity contribution in [2.75, 3.05) is 14.2 Å². The molecule has 0 radical (unpaired) electrons. The first-order chi connectivity index (χ1) is 16.4. The van der Waals surface area contributed by atoms with Crippen LogP contribution in [0.5, 0.6) is 11.5 Å². The van der Waals surface area contributed by atoms with Crippen LogP contribution in [-0.4, -0.2) is 58.1 Å². The summed E-state index contributed by atoms with van der Waals surface area (Å²) in [7, 11) is 3.06. The van der Waals surface area contributed by atoms with Gasteiger partial charge < -0.3 is 19.9 Å². The van der Waals surface area contributed by atoms with E-state index in [2.05, 4.69) is 20.3 Å². The molecule has 192 valence electrons. The van der Waals surface area contributed by atoms with Crippen LogP contribution in [0.1, 0.15) is 13.8 Å². The van der Waals surface area contributed by atoms with Gasteiger partial charge >= 0.3 is 16.5 Å². The van der Waals surface area contributed by atoms with E-state index in [-0.39, 0.29) is 28.2 Å². The van der Waals surface area contributed by atoms with Crippen LogP contribution in [0.25, 0.3) is 0 Å². The molecule has 0 saturated heterocycles. The van der Waals surface area contributed by atoms with Gasteiger partial charge in [0.2, 0.25) is 0 Å². The predicted octanol–water partition coefficient (Wildman–Crippen LogP) is 3.51. The van der Waals surface area contributed by atoms with Crippen molar-refractivity contribution in [1.82, 2.24) is 11.0 Å². The standard InChI is InChI=1S/2C11H14N3O3.Ni/c2*1-8(13-15)7-11(14-16)12-9-5-3-4-6-10(9)17-2;/h2*3-7,15-16H,1-2H3,(H,12,14);/q2*-1;+2/b2*13-8+;. The van der Waals surface area contributed by atoms with Crippen molar-refractivity contribution in [1.29, 1.82) is 0 Å². The first kappa shape index (κ1) is 31.1. The van der Waals surface area contributed by atoms with Gasteiger partial charge in [0.25, 0.3) is 0 Å². The van der Waals surface area contributed by atoms with Gasteiger partial charge in [0.1, 0.15) is 22.9 Å². The van der Waals surface area contributed by atoms with Crippen LogP contribution in [0.15, 0.2) is 68.8 Å². The van der Waals surface area contributed by atoms with Gasteiger partial charge in [-0.2, -0.15) is 0 Å². The van der Waals surface area contributed by atoms with Crippen molar-refractivity contribution in [3.63, 3.8) is 0 Å². The number of nitrogens with one attached hydrogen (secondary N) is 2. The third kappa shape index (κ3) is 11.2. The number of hydroxylamine groups is 2. The molecular weight excluding hydrogens is 503 g/mol. The van der Waals surface area contributed by atoms with Crippen LogP contribution < -0.4 is 20.4 Å². The van der Waals surface area contributed by atoms with Gasteiger partial charge in [-0.05, 0) is 35.9 Å². The number of methoxy groups -OCH3 is 2. The van der Waals surface area contributed by atoms with Gasteiger partial charge in [-0.3, -0.25) is 44.2 Å². The van der Waals surface area contributed by atoms with E-state index in [4.69, 9.17) is 30.3 Å². The van der Waals surface area contributed by atoms with Crippen molar-refractivity contribution in [2.45, 2.75) is 13.8 Å². The molecule has 0 atom stereocenters. The number of rotatable bonds is 8. The minimum Gasteiger partial charge on any atom is -0.494 e. The molecule has 0 spiro atoms. The number of ether oxygens (including phenoxy) is 2. The summed E-state index contributed by atoms with van der Waals surface area (Å²) in [6, 6.07) is 14.2. The number of benzene rings is 2. The van der Waals surface area contributed by atoms with E-state index in [9.17, 15) is 0 Å². The summed E-state index contributed by atoms with van der Waals surface area (Å²) in [4.78, 5) is 8.24. The van der Waals surface area contributed by atoms with E-state index in [1.807, 2.05) is 23.1 Å². The van der Waals surface area contributed by atoms with Crippen LogP contribution in [0, 0.1) is 12.8 Å². The molecule has 0 amide bonds. The monoisotopic (exact) mass is 530 g/mol. The van der Waals surface area contributed by atoms with Gasteiger partial charge in [-0.1, -0.05) is 49.5 Å². The Hall–Kier alpha value is -3.93. The minimum atomic E-state index is 0. The van der Waals surface area contributed by atoms with Crippen LogP contribution in [0.3, 0.4) is 0 Å². The third-order valence-corrected chi connectivity index (χ3v) is 3.89. The fraction of sp³-hybridized carbons (Fsp3) is 0.182. The molecule has 6 N–H and O–H groups in total. The number of oxime groups is 2. The number of para-hydroxylation sites is 4. The van der Waals surface area contributed by atoms with E-state index < -0.39 is 0 Å². The summed E-state index contributed by atoms with van der Waals surface area (Å²) in [6.07, 6.45) is 2.76. The Morgan fingerprint density at radius 1 is 0.714 bits per heavy atom. The Labute approximate surface area is 213 Å². The van der Waals surface area contributed by atoms with E-state index >= 15 is 0 Å². The van der Waals surface area contributed by atoms with Gasteiger partial charge in [-0.15, -0.1) is 10.3 Å². The van der Waals surface area contributed by atoms with Crippen LogP contribution >= 0.6 is 0 Å². The second-order valence-corrected chi connectivity index (χ2v) is 6.33. The zero-order valence-corrected chi connectivity index (χ0v) is 20.5. The molecule has 2 aromatic carbocycles. The molecule has 0 unspecified atom stereocenters. The molecular formula is C22H28N6NiO6. The van der Waals surface area contributed by atoms with Gasteiger partial charge in [0.05, 0.1) is 14.2 Å². The van der Waals surface area contributed by atoms with Crippen LogP contribution in [0.2, 0.25) is 0 Å². The topological polar surface area (TPSA) is 173 Å². The Kier molecular flexibility index (Phi) is 15.6. The Bertz CT molecular complexity index is 948. The molecule has 0 bridgehead atoms. The van der Waals surface area contributed by atoms with E-state index in [0.29, 0.717) is 34.3 Å². The molecule has 0 aliphatic rings. The quantitative estimate of drug-likeness (QED) is 0.0750. The average Bonchev–Trinajstić information content (AvgIpc) is 2.88. The zero-order valence-electron chi connectivity index (χ0n) is 19.5. The third-order valence-electron chi connectivity index (χ3n) is 3.89. The Morgan fingerprint density at radius 3 is 1.34 bits per heavy atom. The molecule has 13 heteroatoms. The van der Waals surface area contributed by atoms with Crippen molar-refractivity contribution in [3.8, 4) is 11.5 Å². The largest absolute Gasteiger partial charge is 2.00 e. The van der Waals surface area contributed by atoms with Crippen LogP contribution in [-0.2, 0) is 16.5 Å². The summed E-state index contributed by atoms with van der Waals surface area (Å²) in [5.41, 5.74) is 5.54. The van der Waals surface area contributed by atoms with Crippen LogP contribution in [0.4, 0.5) is 11.4 Å². The molecule has 2 rings (SSSR count). The number of aliphatic imine (C=N–C) groups is 2. The fourth-order valence-electron chi connectivity index (χ4n) is 2.34. The van der Waals surface area contributed by atoms with Crippen molar-refractivity contribution < 1.29 is 46.8 Å². The van der Waals surface area contributed by atoms with E-state index in [1.54, 1.807) is 50.2 Å². The molecule has 0 fully saturated rings. The number of amidine groups is 2. The van der Waals surface area contributed by atoms with E-state index in [1.165, 1.54) is 27.1 Å². The summed E-state index contributed by atoms with van der Waals surface area (Å²) < 4.78 is 10.2. The molecule has 12 nitrogen and oxygen atoms in total. The second-order valence-electron chi connectivity index (χ2n) is 6.33. The van der Waals surface area contributed by atoms with Gasteiger partial charge in [0, 0.05) is 0 Å². The summed E-state index contributed by atoms with van der Waals surface area (Å²) in [5.74, 6) is 1.44. The molecule has 0 saturated carbocycles. The first-order valence-corrected chi connectivity index (χ1v) is 9.72. The average molecular weight is 531 g/mol. The normalized spacial score (nSPS) is 11.8. The summed E-state index contributed by atoms with van der Waals surface area (Å²) in [5, 5.41) is 40.8. The smallest absolute Gasteiger partial charge is 0.494 e. The van der Waals surface area contributed by atoms with Gasteiger partial charge in [-0.25, -0.2) is 0 Å². The van der Waals surface area contributed by atoms with Crippen molar-refractivity contribution >= 4 is 34.5 Å².